The van der Waals surface area contributed by atoms with Crippen LogP contribution in [0.5, 0.6) is 0 Å². The zero-order valence-corrected chi connectivity index (χ0v) is 8.60. The van der Waals surface area contributed by atoms with Crippen LogP contribution in [0.4, 0.5) is 5.69 Å². The monoisotopic (exact) mass is 195 g/mol. The molecule has 0 aromatic heterocycles. The Balaban J connectivity index is 2.40. The zero-order valence-electron chi connectivity index (χ0n) is 8.60. The minimum absolute atomic E-state index is 0.0253. The standard InChI is InChI=1S/C11H17NO2/c1-9(2)11(8-13)14-12-10-6-4-3-5-7-10/h3-7,9,11-13H,8H2,1-2H3. The fraction of sp³-hybridized carbons (Fsp3) is 0.455. The second-order valence-electron chi connectivity index (χ2n) is 3.55. The third-order valence-corrected chi connectivity index (χ3v) is 2.03. The molecular weight excluding hydrogens is 178 g/mol. The minimum atomic E-state index is -0.171. The van der Waals surface area contributed by atoms with Gasteiger partial charge in [0.05, 0.1) is 12.3 Å². The van der Waals surface area contributed by atoms with Crippen LogP contribution in [-0.2, 0) is 4.84 Å². The lowest BCUT2D eigenvalue weighted by Crippen LogP contribution is -2.26. The number of aliphatic hydroxyl groups is 1. The Bertz CT molecular complexity index is 249. The number of rotatable bonds is 5. The first-order valence-corrected chi connectivity index (χ1v) is 4.81. The average molecular weight is 195 g/mol. The number of para-hydroxylation sites is 1. The van der Waals surface area contributed by atoms with Gasteiger partial charge < -0.3 is 5.11 Å². The maximum absolute atomic E-state index is 9.01. The van der Waals surface area contributed by atoms with Gasteiger partial charge in [0, 0.05) is 0 Å². The van der Waals surface area contributed by atoms with Crippen molar-refractivity contribution in [2.24, 2.45) is 5.92 Å². The SMILES string of the molecule is CC(C)C(CO)ONc1ccccc1. The van der Waals surface area contributed by atoms with Crippen molar-refractivity contribution in [1.82, 2.24) is 0 Å². The van der Waals surface area contributed by atoms with E-state index >= 15 is 0 Å². The van der Waals surface area contributed by atoms with E-state index in [-0.39, 0.29) is 18.6 Å². The molecule has 0 saturated carbocycles. The predicted octanol–water partition coefficient (Wildman–Crippen LogP) is 2.05. The highest BCUT2D eigenvalue weighted by atomic mass is 16.7. The Kier molecular flexibility index (Phi) is 4.43. The Morgan fingerprint density at radius 2 is 1.93 bits per heavy atom. The highest BCUT2D eigenvalue weighted by molar-refractivity contribution is 5.40. The van der Waals surface area contributed by atoms with E-state index in [2.05, 4.69) is 5.48 Å². The van der Waals surface area contributed by atoms with E-state index in [0.717, 1.165) is 5.69 Å². The number of anilines is 1. The van der Waals surface area contributed by atoms with Crippen molar-refractivity contribution < 1.29 is 9.94 Å². The van der Waals surface area contributed by atoms with E-state index in [4.69, 9.17) is 9.94 Å². The van der Waals surface area contributed by atoms with Gasteiger partial charge in [-0.05, 0) is 18.1 Å². The molecule has 0 aliphatic heterocycles. The fourth-order valence-corrected chi connectivity index (χ4v) is 1.03. The number of nitrogens with one attached hydrogen (secondary N) is 1. The van der Waals surface area contributed by atoms with E-state index < -0.39 is 0 Å². The van der Waals surface area contributed by atoms with E-state index in [1.54, 1.807) is 0 Å². The molecule has 0 aliphatic carbocycles. The lowest BCUT2D eigenvalue weighted by molar-refractivity contribution is 0.0165. The van der Waals surface area contributed by atoms with Crippen molar-refractivity contribution in [3.05, 3.63) is 30.3 Å². The summed E-state index contributed by atoms with van der Waals surface area (Å²) in [5.74, 6) is 0.288. The van der Waals surface area contributed by atoms with Crippen molar-refractivity contribution in [1.29, 1.82) is 0 Å². The van der Waals surface area contributed by atoms with Crippen LogP contribution in [0.15, 0.2) is 30.3 Å². The molecule has 78 valence electrons. The highest BCUT2D eigenvalue weighted by Crippen LogP contribution is 2.09. The van der Waals surface area contributed by atoms with Crippen LogP contribution in [0, 0.1) is 5.92 Å². The van der Waals surface area contributed by atoms with Gasteiger partial charge in [-0.15, -0.1) is 0 Å². The topological polar surface area (TPSA) is 41.5 Å². The molecule has 2 N–H and O–H groups in total. The molecule has 0 fully saturated rings. The fourth-order valence-electron chi connectivity index (χ4n) is 1.03. The van der Waals surface area contributed by atoms with Crippen LogP contribution in [0.1, 0.15) is 13.8 Å². The molecule has 1 aromatic rings. The van der Waals surface area contributed by atoms with Crippen LogP contribution in [-0.4, -0.2) is 17.8 Å². The molecule has 3 nitrogen and oxygen atoms in total. The van der Waals surface area contributed by atoms with Gasteiger partial charge in [-0.2, -0.15) is 0 Å². The molecule has 0 aliphatic rings. The summed E-state index contributed by atoms with van der Waals surface area (Å²) >= 11 is 0. The zero-order chi connectivity index (χ0) is 10.4. The third-order valence-electron chi connectivity index (χ3n) is 2.03. The first-order valence-electron chi connectivity index (χ1n) is 4.81. The van der Waals surface area contributed by atoms with Crippen molar-refractivity contribution >= 4 is 5.69 Å². The highest BCUT2D eigenvalue weighted by Gasteiger charge is 2.12. The number of hydrogen-bond acceptors (Lipinski definition) is 3. The van der Waals surface area contributed by atoms with Gasteiger partial charge in [0.25, 0.3) is 0 Å². The maximum atomic E-state index is 9.01. The third kappa shape index (κ3) is 3.36. The van der Waals surface area contributed by atoms with Crippen LogP contribution >= 0.6 is 0 Å². The van der Waals surface area contributed by atoms with Crippen LogP contribution in [0.3, 0.4) is 0 Å². The lowest BCUT2D eigenvalue weighted by Gasteiger charge is -2.19. The molecule has 0 radical (unpaired) electrons. The number of hydrogen-bond donors (Lipinski definition) is 2. The van der Waals surface area contributed by atoms with Gasteiger partial charge >= 0.3 is 0 Å². The van der Waals surface area contributed by atoms with Crippen LogP contribution < -0.4 is 5.48 Å². The molecule has 0 amide bonds. The normalized spacial score (nSPS) is 12.9. The van der Waals surface area contributed by atoms with Crippen molar-refractivity contribution in [3.8, 4) is 0 Å². The van der Waals surface area contributed by atoms with Gasteiger partial charge in [0.15, 0.2) is 0 Å². The molecule has 1 aromatic carbocycles. The Morgan fingerprint density at radius 3 is 2.43 bits per heavy atom. The van der Waals surface area contributed by atoms with E-state index in [1.807, 2.05) is 44.2 Å². The lowest BCUT2D eigenvalue weighted by atomic mass is 10.1. The van der Waals surface area contributed by atoms with Gasteiger partial charge in [-0.3, -0.25) is 10.3 Å². The van der Waals surface area contributed by atoms with Crippen molar-refractivity contribution in [2.45, 2.75) is 20.0 Å². The summed E-state index contributed by atoms with van der Waals surface area (Å²) in [6, 6.07) is 9.62. The Hall–Kier alpha value is -1.06. The summed E-state index contributed by atoms with van der Waals surface area (Å²) in [5, 5.41) is 9.01. The maximum Gasteiger partial charge on any atom is 0.111 e. The molecule has 1 unspecified atom stereocenters. The smallest absolute Gasteiger partial charge is 0.111 e. The predicted molar refractivity (Wildman–Crippen MR) is 56.9 cm³/mol. The molecule has 3 heteroatoms. The minimum Gasteiger partial charge on any atom is -0.394 e. The number of aliphatic hydroxyl groups excluding tert-OH is 1. The quantitative estimate of drug-likeness (QED) is 0.706. The summed E-state index contributed by atoms with van der Waals surface area (Å²) in [6.07, 6.45) is -0.171. The summed E-state index contributed by atoms with van der Waals surface area (Å²) in [5.41, 5.74) is 3.71. The molecule has 14 heavy (non-hydrogen) atoms. The van der Waals surface area contributed by atoms with Gasteiger partial charge in [-0.25, -0.2) is 0 Å². The summed E-state index contributed by atoms with van der Waals surface area (Å²) in [4.78, 5) is 5.34. The average Bonchev–Trinajstić information content (AvgIpc) is 2.20. The Labute approximate surface area is 84.7 Å². The molecule has 0 spiro atoms. The van der Waals surface area contributed by atoms with E-state index in [0.29, 0.717) is 0 Å². The summed E-state index contributed by atoms with van der Waals surface area (Å²) < 4.78 is 0. The van der Waals surface area contributed by atoms with Gasteiger partial charge in [0.2, 0.25) is 0 Å². The van der Waals surface area contributed by atoms with Crippen LogP contribution in [0.25, 0.3) is 0 Å². The largest absolute Gasteiger partial charge is 0.394 e. The number of benzene rings is 1. The summed E-state index contributed by atoms with van der Waals surface area (Å²) in [6.45, 7) is 4.04. The van der Waals surface area contributed by atoms with Crippen molar-refractivity contribution in [3.63, 3.8) is 0 Å². The second-order valence-corrected chi connectivity index (χ2v) is 3.55. The molecule has 1 atom stereocenters. The molecule has 0 bridgehead atoms. The van der Waals surface area contributed by atoms with E-state index in [1.165, 1.54) is 0 Å². The van der Waals surface area contributed by atoms with Gasteiger partial charge in [0.1, 0.15) is 6.10 Å². The molecular formula is C11H17NO2. The molecule has 0 saturated heterocycles. The first kappa shape index (κ1) is 11.0. The molecule has 1 rings (SSSR count). The van der Waals surface area contributed by atoms with E-state index in [9.17, 15) is 0 Å². The second kappa shape index (κ2) is 5.62. The van der Waals surface area contributed by atoms with Gasteiger partial charge in [-0.1, -0.05) is 32.0 Å². The molecule has 0 heterocycles. The first-order chi connectivity index (χ1) is 6.74. The Morgan fingerprint density at radius 1 is 1.29 bits per heavy atom. The van der Waals surface area contributed by atoms with Crippen molar-refractivity contribution in [2.75, 3.05) is 12.1 Å². The van der Waals surface area contributed by atoms with Crippen LogP contribution in [0.2, 0.25) is 0 Å². The summed E-state index contributed by atoms with van der Waals surface area (Å²) in [7, 11) is 0.